The van der Waals surface area contributed by atoms with Crippen LogP contribution < -0.4 is 4.90 Å². The minimum atomic E-state index is 0.407. The predicted octanol–water partition coefficient (Wildman–Crippen LogP) is 3.33. The van der Waals surface area contributed by atoms with E-state index in [-0.39, 0.29) is 0 Å². The molecular formula is C17H18N2O. The van der Waals surface area contributed by atoms with Gasteiger partial charge in [0.05, 0.1) is 5.52 Å². The van der Waals surface area contributed by atoms with Gasteiger partial charge in [-0.2, -0.15) is 0 Å². The average molecular weight is 266 g/mol. The van der Waals surface area contributed by atoms with Gasteiger partial charge in [-0.1, -0.05) is 6.07 Å². The largest absolute Gasteiger partial charge is 0.365 e. The highest BCUT2D eigenvalue weighted by Gasteiger charge is 2.37. The Morgan fingerprint density at radius 3 is 2.70 bits per heavy atom. The minimum Gasteiger partial charge on any atom is -0.365 e. The third-order valence-electron chi connectivity index (χ3n) is 4.67. The summed E-state index contributed by atoms with van der Waals surface area (Å²) in [4.78, 5) is 18.7. The van der Waals surface area contributed by atoms with Crippen LogP contribution in [0, 0.1) is 0 Å². The van der Waals surface area contributed by atoms with Gasteiger partial charge in [0, 0.05) is 42.2 Å². The molecule has 3 heteroatoms. The fourth-order valence-electron chi connectivity index (χ4n) is 3.82. The fourth-order valence-corrected chi connectivity index (χ4v) is 3.82. The van der Waals surface area contributed by atoms with E-state index < -0.39 is 0 Å². The van der Waals surface area contributed by atoms with E-state index in [4.69, 9.17) is 0 Å². The van der Waals surface area contributed by atoms with Crippen molar-refractivity contribution in [3.8, 4) is 0 Å². The van der Waals surface area contributed by atoms with Crippen molar-refractivity contribution >= 4 is 22.4 Å². The second-order valence-corrected chi connectivity index (χ2v) is 5.97. The Morgan fingerprint density at radius 1 is 1.10 bits per heavy atom. The molecule has 3 heterocycles. The molecule has 20 heavy (non-hydrogen) atoms. The molecule has 2 aliphatic heterocycles. The molecule has 2 aromatic rings. The van der Waals surface area contributed by atoms with E-state index in [1.807, 2.05) is 12.3 Å². The van der Waals surface area contributed by atoms with Crippen LogP contribution in [0.25, 0.3) is 10.9 Å². The zero-order valence-corrected chi connectivity index (χ0v) is 11.5. The van der Waals surface area contributed by atoms with Gasteiger partial charge in [0.15, 0.2) is 0 Å². The van der Waals surface area contributed by atoms with Gasteiger partial charge in [-0.3, -0.25) is 9.78 Å². The van der Waals surface area contributed by atoms with Crippen molar-refractivity contribution in [3.63, 3.8) is 0 Å². The summed E-state index contributed by atoms with van der Waals surface area (Å²) in [6, 6.07) is 11.4. The number of pyridine rings is 1. The number of carbonyl (C=O) groups excluding carboxylic acids is 1. The molecule has 0 spiro atoms. The molecule has 2 bridgehead atoms. The Kier molecular flexibility index (Phi) is 2.72. The molecule has 0 amide bonds. The van der Waals surface area contributed by atoms with Crippen molar-refractivity contribution in [2.45, 2.75) is 44.2 Å². The molecule has 3 nitrogen and oxygen atoms in total. The Labute approximate surface area is 118 Å². The molecule has 2 unspecified atom stereocenters. The monoisotopic (exact) mass is 266 g/mol. The molecule has 0 aliphatic carbocycles. The first-order valence-corrected chi connectivity index (χ1v) is 7.46. The highest BCUT2D eigenvalue weighted by molar-refractivity contribution is 5.85. The van der Waals surface area contributed by atoms with Gasteiger partial charge < -0.3 is 4.90 Å². The molecule has 2 saturated heterocycles. The molecule has 2 atom stereocenters. The zero-order chi connectivity index (χ0) is 13.5. The Morgan fingerprint density at radius 2 is 1.90 bits per heavy atom. The first kappa shape index (κ1) is 11.9. The lowest BCUT2D eigenvalue weighted by Crippen LogP contribution is -2.52. The summed E-state index contributed by atoms with van der Waals surface area (Å²) >= 11 is 0. The maximum Gasteiger partial charge on any atom is 0.137 e. The van der Waals surface area contributed by atoms with Gasteiger partial charge in [0.2, 0.25) is 0 Å². The second-order valence-electron chi connectivity index (χ2n) is 5.97. The van der Waals surface area contributed by atoms with Crippen molar-refractivity contribution in [1.82, 2.24) is 4.98 Å². The van der Waals surface area contributed by atoms with Crippen molar-refractivity contribution in [3.05, 3.63) is 36.5 Å². The SMILES string of the molecule is O=C1CC2CCCC(C1)N2c1ccc2ncccc2c1. The molecule has 102 valence electrons. The van der Waals surface area contributed by atoms with E-state index in [1.165, 1.54) is 17.5 Å². The van der Waals surface area contributed by atoms with Crippen molar-refractivity contribution in [2.24, 2.45) is 0 Å². The molecule has 2 fully saturated rings. The molecule has 4 rings (SSSR count). The maximum absolute atomic E-state index is 11.8. The van der Waals surface area contributed by atoms with E-state index in [0.717, 1.165) is 31.2 Å². The smallest absolute Gasteiger partial charge is 0.137 e. The summed E-state index contributed by atoms with van der Waals surface area (Å²) in [5.74, 6) is 0.443. The molecule has 0 saturated carbocycles. The number of nitrogens with zero attached hydrogens (tertiary/aromatic N) is 2. The lowest BCUT2D eigenvalue weighted by molar-refractivity contribution is -0.121. The van der Waals surface area contributed by atoms with Crippen LogP contribution in [0.5, 0.6) is 0 Å². The van der Waals surface area contributed by atoms with Gasteiger partial charge in [-0.05, 0) is 43.5 Å². The standard InChI is InChI=1S/C17H18N2O/c20-16-10-13-4-1-5-14(11-16)19(13)15-6-7-17-12(9-15)3-2-8-18-17/h2-3,6-9,13-14H,1,4-5,10-11H2. The number of Topliss-reactive ketones (excluding diaryl/α,β-unsaturated/α-hetero) is 1. The van der Waals surface area contributed by atoms with Crippen LogP contribution in [0.4, 0.5) is 5.69 Å². The number of rotatable bonds is 1. The normalized spacial score (nSPS) is 26.0. The summed E-state index contributed by atoms with van der Waals surface area (Å²) in [7, 11) is 0. The van der Waals surface area contributed by atoms with Gasteiger partial charge in [0.1, 0.15) is 5.78 Å². The lowest BCUT2D eigenvalue weighted by Gasteiger charge is -2.47. The van der Waals surface area contributed by atoms with Gasteiger partial charge in [-0.15, -0.1) is 0 Å². The lowest BCUT2D eigenvalue weighted by atomic mass is 9.83. The number of hydrogen-bond donors (Lipinski definition) is 0. The van der Waals surface area contributed by atoms with Crippen molar-refractivity contribution in [2.75, 3.05) is 4.90 Å². The van der Waals surface area contributed by atoms with Gasteiger partial charge >= 0.3 is 0 Å². The second kappa shape index (κ2) is 4.58. The van der Waals surface area contributed by atoms with Crippen LogP contribution in [-0.4, -0.2) is 22.9 Å². The zero-order valence-electron chi connectivity index (χ0n) is 11.5. The van der Waals surface area contributed by atoms with E-state index in [0.29, 0.717) is 17.9 Å². The maximum atomic E-state index is 11.8. The number of benzene rings is 1. The summed E-state index contributed by atoms with van der Waals surface area (Å²) in [5, 5.41) is 1.18. The number of hydrogen-bond acceptors (Lipinski definition) is 3. The van der Waals surface area contributed by atoms with Gasteiger partial charge in [-0.25, -0.2) is 0 Å². The summed E-state index contributed by atoms with van der Waals surface area (Å²) in [6.45, 7) is 0. The third-order valence-corrected chi connectivity index (χ3v) is 4.67. The number of ketones is 1. The average Bonchev–Trinajstić information content (AvgIpc) is 2.46. The topological polar surface area (TPSA) is 33.2 Å². The third kappa shape index (κ3) is 1.89. The van der Waals surface area contributed by atoms with Crippen molar-refractivity contribution < 1.29 is 4.79 Å². The van der Waals surface area contributed by atoms with E-state index in [9.17, 15) is 4.79 Å². The number of carbonyl (C=O) groups is 1. The highest BCUT2D eigenvalue weighted by atomic mass is 16.1. The molecule has 2 aliphatic rings. The highest BCUT2D eigenvalue weighted by Crippen LogP contribution is 2.37. The fraction of sp³-hybridized carbons (Fsp3) is 0.412. The van der Waals surface area contributed by atoms with E-state index in [1.54, 1.807) is 0 Å². The van der Waals surface area contributed by atoms with Gasteiger partial charge in [0.25, 0.3) is 0 Å². The van der Waals surface area contributed by atoms with Crippen LogP contribution in [0.1, 0.15) is 32.1 Å². The first-order chi connectivity index (χ1) is 9.81. The molecule has 1 aromatic carbocycles. The number of anilines is 1. The van der Waals surface area contributed by atoms with Crippen LogP contribution >= 0.6 is 0 Å². The summed E-state index contributed by atoms with van der Waals surface area (Å²) in [6.07, 6.45) is 6.83. The summed E-state index contributed by atoms with van der Waals surface area (Å²) < 4.78 is 0. The van der Waals surface area contributed by atoms with Crippen LogP contribution in [0.2, 0.25) is 0 Å². The molecule has 1 aromatic heterocycles. The number of aromatic nitrogens is 1. The first-order valence-electron chi connectivity index (χ1n) is 7.46. The molecular weight excluding hydrogens is 248 g/mol. The van der Waals surface area contributed by atoms with Crippen molar-refractivity contribution in [1.29, 1.82) is 0 Å². The van der Waals surface area contributed by atoms with E-state index in [2.05, 4.69) is 34.1 Å². The van der Waals surface area contributed by atoms with Crippen LogP contribution in [-0.2, 0) is 4.79 Å². The van der Waals surface area contributed by atoms with Crippen LogP contribution in [0.15, 0.2) is 36.5 Å². The summed E-state index contributed by atoms with van der Waals surface area (Å²) in [5.41, 5.74) is 2.29. The Bertz CT molecular complexity index is 651. The van der Waals surface area contributed by atoms with E-state index >= 15 is 0 Å². The number of fused-ring (bicyclic) bond motifs is 3. The Hall–Kier alpha value is -1.90. The Balaban J connectivity index is 1.76. The molecule has 0 radical (unpaired) electrons. The minimum absolute atomic E-state index is 0.407. The number of piperidine rings is 2. The predicted molar refractivity (Wildman–Crippen MR) is 79.9 cm³/mol. The molecule has 0 N–H and O–H groups in total. The quantitative estimate of drug-likeness (QED) is 0.794. The van der Waals surface area contributed by atoms with Crippen LogP contribution in [0.3, 0.4) is 0 Å².